The fraction of sp³-hybridized carbons (Fsp3) is 0. The van der Waals surface area contributed by atoms with E-state index in [1.54, 1.807) is 6.08 Å². The van der Waals surface area contributed by atoms with Gasteiger partial charge in [-0.2, -0.15) is 0 Å². The van der Waals surface area contributed by atoms with Crippen LogP contribution >= 0.6 is 0 Å². The van der Waals surface area contributed by atoms with Gasteiger partial charge in [-0.3, -0.25) is 10.1 Å². The van der Waals surface area contributed by atoms with E-state index in [1.165, 1.54) is 24.3 Å². The first-order chi connectivity index (χ1) is 13.1. The SMILES string of the molecule is O=C(NC(=O)C(=Cc1ccccc1)c1ccccc1)Nc1ccc(O)cc1. The number of imide groups is 1. The largest absolute Gasteiger partial charge is 0.508 e. The maximum atomic E-state index is 12.7. The third-order valence-electron chi connectivity index (χ3n) is 3.79. The first-order valence-electron chi connectivity index (χ1n) is 8.35. The highest BCUT2D eigenvalue weighted by atomic mass is 16.3. The van der Waals surface area contributed by atoms with Gasteiger partial charge >= 0.3 is 6.03 Å². The van der Waals surface area contributed by atoms with Crippen molar-refractivity contribution < 1.29 is 14.7 Å². The van der Waals surface area contributed by atoms with Gasteiger partial charge in [-0.15, -0.1) is 0 Å². The van der Waals surface area contributed by atoms with Crippen LogP contribution in [0.4, 0.5) is 10.5 Å². The smallest absolute Gasteiger partial charge is 0.326 e. The highest BCUT2D eigenvalue weighted by molar-refractivity contribution is 6.28. The minimum absolute atomic E-state index is 0.0918. The van der Waals surface area contributed by atoms with Gasteiger partial charge in [0.25, 0.3) is 5.91 Å². The molecule has 0 bridgehead atoms. The zero-order chi connectivity index (χ0) is 19.1. The predicted molar refractivity (Wildman–Crippen MR) is 106 cm³/mol. The van der Waals surface area contributed by atoms with Crippen LogP contribution in [0.1, 0.15) is 11.1 Å². The second kappa shape index (κ2) is 8.49. The number of benzene rings is 3. The van der Waals surface area contributed by atoms with Gasteiger partial charge in [0, 0.05) is 11.3 Å². The van der Waals surface area contributed by atoms with Gasteiger partial charge in [-0.1, -0.05) is 60.7 Å². The molecule has 3 aromatic rings. The van der Waals surface area contributed by atoms with Gasteiger partial charge in [0.1, 0.15) is 5.75 Å². The second-order valence-electron chi connectivity index (χ2n) is 5.79. The monoisotopic (exact) mass is 358 g/mol. The minimum Gasteiger partial charge on any atom is -0.508 e. The molecule has 0 heterocycles. The number of nitrogens with one attached hydrogen (secondary N) is 2. The third-order valence-corrected chi connectivity index (χ3v) is 3.79. The summed E-state index contributed by atoms with van der Waals surface area (Å²) in [5, 5.41) is 14.2. The molecule has 3 aromatic carbocycles. The average Bonchev–Trinajstić information content (AvgIpc) is 2.69. The van der Waals surface area contributed by atoms with E-state index in [-0.39, 0.29) is 5.75 Å². The summed E-state index contributed by atoms with van der Waals surface area (Å²) in [5.74, 6) is -0.421. The summed E-state index contributed by atoms with van der Waals surface area (Å²) in [6.07, 6.45) is 1.73. The first kappa shape index (κ1) is 17.9. The summed E-state index contributed by atoms with van der Waals surface area (Å²) in [7, 11) is 0. The Kier molecular flexibility index (Phi) is 5.64. The van der Waals surface area contributed by atoms with Crippen molar-refractivity contribution in [3.8, 4) is 5.75 Å². The van der Waals surface area contributed by atoms with Gasteiger partial charge in [-0.05, 0) is 41.5 Å². The number of phenolic OH excluding ortho intramolecular Hbond substituents is 1. The minimum atomic E-state index is -0.652. The molecule has 0 radical (unpaired) electrons. The number of hydrogen-bond acceptors (Lipinski definition) is 3. The molecule has 0 fully saturated rings. The summed E-state index contributed by atoms with van der Waals surface area (Å²) in [6, 6.07) is 23.9. The number of carbonyl (C=O) groups excluding carboxylic acids is 2. The van der Waals surface area contributed by atoms with Crippen LogP contribution < -0.4 is 10.6 Å². The number of aromatic hydroxyl groups is 1. The molecule has 5 heteroatoms. The Balaban J connectivity index is 1.80. The van der Waals surface area contributed by atoms with E-state index in [1.807, 2.05) is 60.7 Å². The average molecular weight is 358 g/mol. The summed E-state index contributed by atoms with van der Waals surface area (Å²) in [5.41, 5.74) is 2.40. The molecule has 3 rings (SSSR count). The standard InChI is InChI=1S/C22H18N2O3/c25-19-13-11-18(12-14-19)23-22(27)24-21(26)20(17-9-5-2-6-10-17)15-16-7-3-1-4-8-16/h1-15,25H,(H2,23,24,26,27). The van der Waals surface area contributed by atoms with Crippen molar-refractivity contribution in [3.63, 3.8) is 0 Å². The van der Waals surface area contributed by atoms with E-state index in [0.29, 0.717) is 16.8 Å². The zero-order valence-electron chi connectivity index (χ0n) is 14.4. The number of rotatable bonds is 4. The van der Waals surface area contributed by atoms with Crippen LogP contribution in [0.5, 0.6) is 5.75 Å². The van der Waals surface area contributed by atoms with Crippen LogP contribution in [-0.4, -0.2) is 17.0 Å². The van der Waals surface area contributed by atoms with Crippen LogP contribution in [0, 0.1) is 0 Å². The number of phenols is 1. The highest BCUT2D eigenvalue weighted by Crippen LogP contribution is 2.19. The molecule has 5 nitrogen and oxygen atoms in total. The van der Waals surface area contributed by atoms with Crippen molar-refractivity contribution in [2.24, 2.45) is 0 Å². The third kappa shape index (κ3) is 5.06. The number of anilines is 1. The van der Waals surface area contributed by atoms with Crippen molar-refractivity contribution in [2.45, 2.75) is 0 Å². The zero-order valence-corrected chi connectivity index (χ0v) is 14.4. The first-order valence-corrected chi connectivity index (χ1v) is 8.35. The Hall–Kier alpha value is -3.86. The van der Waals surface area contributed by atoms with E-state index in [4.69, 9.17) is 0 Å². The maximum absolute atomic E-state index is 12.7. The Morgan fingerprint density at radius 1 is 0.778 bits per heavy atom. The Bertz CT molecular complexity index is 950. The summed E-state index contributed by atoms with van der Waals surface area (Å²) in [4.78, 5) is 24.9. The molecule has 0 atom stereocenters. The molecule has 0 aromatic heterocycles. The molecule has 0 aliphatic heterocycles. The van der Waals surface area contributed by atoms with E-state index in [2.05, 4.69) is 10.6 Å². The van der Waals surface area contributed by atoms with Crippen molar-refractivity contribution in [1.82, 2.24) is 5.32 Å². The Morgan fingerprint density at radius 3 is 2.00 bits per heavy atom. The number of urea groups is 1. The fourth-order valence-corrected chi connectivity index (χ4v) is 2.49. The molecule has 0 aliphatic rings. The molecule has 27 heavy (non-hydrogen) atoms. The van der Waals surface area contributed by atoms with Gasteiger partial charge in [-0.25, -0.2) is 4.79 Å². The van der Waals surface area contributed by atoms with Gasteiger partial charge < -0.3 is 10.4 Å². The lowest BCUT2D eigenvalue weighted by Gasteiger charge is -2.10. The lowest BCUT2D eigenvalue weighted by molar-refractivity contribution is -0.114. The summed E-state index contributed by atoms with van der Waals surface area (Å²) in [6.45, 7) is 0. The van der Waals surface area contributed by atoms with Crippen LogP contribution in [0.3, 0.4) is 0 Å². The fourth-order valence-electron chi connectivity index (χ4n) is 2.49. The summed E-state index contributed by atoms with van der Waals surface area (Å²) < 4.78 is 0. The second-order valence-corrected chi connectivity index (χ2v) is 5.79. The number of amides is 3. The van der Waals surface area contributed by atoms with Crippen LogP contribution in [0.25, 0.3) is 11.6 Å². The molecule has 0 aliphatic carbocycles. The van der Waals surface area contributed by atoms with Crippen LogP contribution in [-0.2, 0) is 4.79 Å². The van der Waals surface area contributed by atoms with Crippen molar-refractivity contribution in [1.29, 1.82) is 0 Å². The van der Waals surface area contributed by atoms with Crippen LogP contribution in [0.15, 0.2) is 84.9 Å². The molecule has 0 saturated heterocycles. The number of hydrogen-bond donors (Lipinski definition) is 3. The van der Waals surface area contributed by atoms with E-state index >= 15 is 0 Å². The Morgan fingerprint density at radius 2 is 1.37 bits per heavy atom. The normalized spacial score (nSPS) is 10.9. The van der Waals surface area contributed by atoms with Gasteiger partial charge in [0.05, 0.1) is 0 Å². The van der Waals surface area contributed by atoms with Crippen molar-refractivity contribution in [3.05, 3.63) is 96.1 Å². The lowest BCUT2D eigenvalue weighted by atomic mass is 10.0. The van der Waals surface area contributed by atoms with Crippen molar-refractivity contribution >= 4 is 29.3 Å². The van der Waals surface area contributed by atoms with Gasteiger partial charge in [0.15, 0.2) is 0 Å². The highest BCUT2D eigenvalue weighted by Gasteiger charge is 2.15. The molecule has 0 saturated carbocycles. The van der Waals surface area contributed by atoms with Crippen molar-refractivity contribution in [2.75, 3.05) is 5.32 Å². The number of carbonyl (C=O) groups is 2. The summed E-state index contributed by atoms with van der Waals surface area (Å²) >= 11 is 0. The molecular formula is C22H18N2O3. The molecular weight excluding hydrogens is 340 g/mol. The van der Waals surface area contributed by atoms with E-state index < -0.39 is 11.9 Å². The molecule has 134 valence electrons. The van der Waals surface area contributed by atoms with E-state index in [0.717, 1.165) is 5.56 Å². The lowest BCUT2D eigenvalue weighted by Crippen LogP contribution is -2.34. The quantitative estimate of drug-likeness (QED) is 0.370. The van der Waals surface area contributed by atoms with E-state index in [9.17, 15) is 14.7 Å². The maximum Gasteiger partial charge on any atom is 0.326 e. The van der Waals surface area contributed by atoms with Gasteiger partial charge in [0.2, 0.25) is 0 Å². The van der Waals surface area contributed by atoms with Crippen LogP contribution in [0.2, 0.25) is 0 Å². The molecule has 3 amide bonds. The molecule has 3 N–H and O–H groups in total. The Labute approximate surface area is 157 Å². The molecule has 0 spiro atoms. The predicted octanol–water partition coefficient (Wildman–Crippen LogP) is 4.28. The topological polar surface area (TPSA) is 78.4 Å². The molecule has 0 unspecified atom stereocenters.